The summed E-state index contributed by atoms with van der Waals surface area (Å²) in [6.45, 7) is 9.49. The Morgan fingerprint density at radius 1 is 0.769 bits per heavy atom. The summed E-state index contributed by atoms with van der Waals surface area (Å²) in [4.78, 5) is 39.0. The Morgan fingerprint density at radius 2 is 1.19 bits per heavy atom. The Balaban J connectivity index is 5.39. The van der Waals surface area contributed by atoms with Crippen LogP contribution in [0.1, 0.15) is 47.5 Å². The first-order valence-corrected chi connectivity index (χ1v) is 8.70. The van der Waals surface area contributed by atoms with Gasteiger partial charge in [0.2, 0.25) is 0 Å². The van der Waals surface area contributed by atoms with Gasteiger partial charge in [0.1, 0.15) is 6.61 Å². The Labute approximate surface area is 157 Å². The van der Waals surface area contributed by atoms with Crippen molar-refractivity contribution in [3.8, 4) is 0 Å². The second kappa shape index (κ2) is 9.35. The predicted octanol–water partition coefficient (Wildman–Crippen LogP) is 2.28. The lowest BCUT2D eigenvalue weighted by Gasteiger charge is -2.38. The average Bonchev–Trinajstić information content (AvgIpc) is 2.51. The van der Waals surface area contributed by atoms with Gasteiger partial charge < -0.3 is 19.1 Å². The third-order valence-electron chi connectivity index (χ3n) is 4.40. The highest BCUT2D eigenvalue weighted by atomic mass is 16.5. The van der Waals surface area contributed by atoms with E-state index < -0.39 is 28.2 Å². The molecule has 0 saturated heterocycles. The van der Waals surface area contributed by atoms with Crippen LogP contribution in [0.25, 0.3) is 0 Å². The van der Waals surface area contributed by atoms with Crippen molar-refractivity contribution in [1.29, 1.82) is 0 Å². The summed E-state index contributed by atoms with van der Waals surface area (Å²) >= 11 is 0. The molecule has 0 fully saturated rings. The maximum absolute atomic E-state index is 12.5. The van der Waals surface area contributed by atoms with E-state index in [1.54, 1.807) is 34.6 Å². The van der Waals surface area contributed by atoms with Crippen molar-refractivity contribution in [2.45, 2.75) is 47.5 Å². The first kappa shape index (κ1) is 24.4. The van der Waals surface area contributed by atoms with Crippen molar-refractivity contribution >= 4 is 17.9 Å². The minimum Gasteiger partial charge on any atom is -0.469 e. The van der Waals surface area contributed by atoms with E-state index in [0.717, 1.165) is 0 Å². The van der Waals surface area contributed by atoms with Crippen LogP contribution in [0.5, 0.6) is 0 Å². The summed E-state index contributed by atoms with van der Waals surface area (Å²) in [7, 11) is 6.39. The van der Waals surface area contributed by atoms with Crippen molar-refractivity contribution in [1.82, 2.24) is 4.90 Å². The topological polar surface area (TPSA) is 82.1 Å². The van der Waals surface area contributed by atoms with Crippen LogP contribution in [0.2, 0.25) is 0 Å². The van der Waals surface area contributed by atoms with E-state index in [1.165, 1.54) is 14.2 Å². The number of likely N-dealkylation sites (N-methyl/N-ethyl adjacent to an activating group) is 1. The van der Waals surface area contributed by atoms with Gasteiger partial charge in [0, 0.05) is 6.54 Å². The van der Waals surface area contributed by atoms with Crippen molar-refractivity contribution in [2.75, 3.05) is 41.5 Å². The van der Waals surface area contributed by atoms with Gasteiger partial charge in [-0.05, 0) is 61.6 Å². The Bertz CT molecular complexity index is 512. The molecular weight excluding hydrogens is 338 g/mol. The number of rotatable bonds is 10. The maximum atomic E-state index is 12.5. The summed E-state index contributed by atoms with van der Waals surface area (Å²) in [6.07, 6.45) is 0.377. The van der Waals surface area contributed by atoms with E-state index in [2.05, 4.69) is 0 Å². The molecule has 0 rings (SSSR count). The summed E-state index contributed by atoms with van der Waals surface area (Å²) in [5.74, 6) is -1.27. The molecule has 0 saturated carbocycles. The van der Waals surface area contributed by atoms with Gasteiger partial charge in [0.25, 0.3) is 0 Å². The Kier molecular flexibility index (Phi) is 8.76. The second-order valence-corrected chi connectivity index (χ2v) is 8.60. The van der Waals surface area contributed by atoms with Gasteiger partial charge in [-0.3, -0.25) is 14.4 Å². The standard InChI is InChI=1S/C19H35NO6/c1-17(2,14(21)24-8)12-19(5,16(23)25-9)13-18(3,4)15(22)26-11-10-20(6)7/h10-13H2,1-9H3. The van der Waals surface area contributed by atoms with Crippen molar-refractivity contribution in [3.05, 3.63) is 0 Å². The van der Waals surface area contributed by atoms with E-state index >= 15 is 0 Å². The van der Waals surface area contributed by atoms with Crippen LogP contribution in [0, 0.1) is 16.2 Å². The molecule has 0 spiro atoms. The maximum Gasteiger partial charge on any atom is 0.311 e. The van der Waals surface area contributed by atoms with Crippen molar-refractivity contribution in [3.63, 3.8) is 0 Å². The summed E-state index contributed by atoms with van der Waals surface area (Å²) in [6, 6.07) is 0. The van der Waals surface area contributed by atoms with Crippen LogP contribution in [-0.4, -0.2) is 64.3 Å². The van der Waals surface area contributed by atoms with Crippen LogP contribution < -0.4 is 0 Å². The zero-order valence-corrected chi connectivity index (χ0v) is 17.7. The van der Waals surface area contributed by atoms with Crippen molar-refractivity contribution < 1.29 is 28.6 Å². The lowest BCUT2D eigenvalue weighted by atomic mass is 9.66. The minimum absolute atomic E-state index is 0.188. The fraction of sp³-hybridized carbons (Fsp3) is 0.842. The molecule has 0 N–H and O–H groups in total. The number of hydrogen-bond acceptors (Lipinski definition) is 7. The molecule has 0 bridgehead atoms. The van der Waals surface area contributed by atoms with Gasteiger partial charge >= 0.3 is 17.9 Å². The molecule has 0 aliphatic rings. The van der Waals surface area contributed by atoms with Crippen LogP contribution in [0.4, 0.5) is 0 Å². The SMILES string of the molecule is COC(=O)C(C)(C)CC(C)(CC(C)(C)C(=O)OCCN(C)C)C(=O)OC. The lowest BCUT2D eigenvalue weighted by molar-refractivity contribution is -0.165. The normalized spacial score (nSPS) is 14.5. The first-order chi connectivity index (χ1) is 11.7. The molecule has 0 aliphatic carbocycles. The number of hydrogen-bond donors (Lipinski definition) is 0. The molecule has 0 aromatic heterocycles. The molecule has 0 heterocycles. The van der Waals surface area contributed by atoms with Gasteiger partial charge in [-0.15, -0.1) is 0 Å². The van der Waals surface area contributed by atoms with Gasteiger partial charge in [-0.2, -0.15) is 0 Å². The molecule has 0 aliphatic heterocycles. The molecule has 7 nitrogen and oxygen atoms in total. The predicted molar refractivity (Wildman–Crippen MR) is 98.4 cm³/mol. The molecular formula is C19H35NO6. The minimum atomic E-state index is -1.05. The number of nitrogens with zero attached hydrogens (tertiary/aromatic N) is 1. The molecule has 152 valence electrons. The molecule has 0 aromatic rings. The third kappa shape index (κ3) is 6.94. The molecule has 0 amide bonds. The number of esters is 3. The number of carbonyl (C=O) groups excluding carboxylic acids is 3. The fourth-order valence-electron chi connectivity index (χ4n) is 3.34. The fourth-order valence-corrected chi connectivity index (χ4v) is 3.34. The van der Waals surface area contributed by atoms with E-state index in [1.807, 2.05) is 19.0 Å². The zero-order valence-electron chi connectivity index (χ0n) is 17.7. The molecule has 1 atom stereocenters. The third-order valence-corrected chi connectivity index (χ3v) is 4.40. The van der Waals surface area contributed by atoms with Crippen LogP contribution in [0.3, 0.4) is 0 Å². The van der Waals surface area contributed by atoms with E-state index in [9.17, 15) is 14.4 Å². The molecule has 0 aromatic carbocycles. The molecule has 1 unspecified atom stereocenters. The number of ether oxygens (including phenoxy) is 3. The monoisotopic (exact) mass is 373 g/mol. The highest BCUT2D eigenvalue weighted by molar-refractivity contribution is 5.82. The van der Waals surface area contributed by atoms with E-state index in [-0.39, 0.29) is 25.4 Å². The highest BCUT2D eigenvalue weighted by Gasteiger charge is 2.48. The van der Waals surface area contributed by atoms with Crippen molar-refractivity contribution in [2.24, 2.45) is 16.2 Å². The van der Waals surface area contributed by atoms with E-state index in [0.29, 0.717) is 6.54 Å². The molecule has 0 radical (unpaired) electrons. The summed E-state index contributed by atoms with van der Waals surface area (Å²) in [5.41, 5.74) is -2.86. The molecule has 7 heteroatoms. The Hall–Kier alpha value is -1.63. The average molecular weight is 373 g/mol. The summed E-state index contributed by atoms with van der Waals surface area (Å²) < 4.78 is 15.2. The Morgan fingerprint density at radius 3 is 1.58 bits per heavy atom. The van der Waals surface area contributed by atoms with Crippen LogP contribution in [0.15, 0.2) is 0 Å². The largest absolute Gasteiger partial charge is 0.469 e. The van der Waals surface area contributed by atoms with Crippen LogP contribution in [-0.2, 0) is 28.6 Å². The number of carbonyl (C=O) groups is 3. The lowest BCUT2D eigenvalue weighted by Crippen LogP contribution is -2.43. The molecule has 26 heavy (non-hydrogen) atoms. The van der Waals surface area contributed by atoms with E-state index in [4.69, 9.17) is 14.2 Å². The van der Waals surface area contributed by atoms with Gasteiger partial charge in [0.15, 0.2) is 0 Å². The zero-order chi connectivity index (χ0) is 20.8. The second-order valence-electron chi connectivity index (χ2n) is 8.60. The van der Waals surface area contributed by atoms with Gasteiger partial charge in [-0.1, -0.05) is 0 Å². The quantitative estimate of drug-likeness (QED) is 0.429. The van der Waals surface area contributed by atoms with Gasteiger partial charge in [-0.25, -0.2) is 0 Å². The summed E-state index contributed by atoms with van der Waals surface area (Å²) in [5, 5.41) is 0. The highest BCUT2D eigenvalue weighted by Crippen LogP contribution is 2.44. The number of methoxy groups -OCH3 is 2. The van der Waals surface area contributed by atoms with Crippen LogP contribution >= 0.6 is 0 Å². The first-order valence-electron chi connectivity index (χ1n) is 8.70. The van der Waals surface area contributed by atoms with Gasteiger partial charge in [0.05, 0.1) is 30.5 Å². The smallest absolute Gasteiger partial charge is 0.311 e.